The molecule has 1 amide bonds. The summed E-state index contributed by atoms with van der Waals surface area (Å²) < 4.78 is 4.84. The van der Waals surface area contributed by atoms with E-state index >= 15 is 0 Å². The molecular formula is C10H23ClN2O2. The Bertz CT molecular complexity index is 131. The van der Waals surface area contributed by atoms with E-state index < -0.39 is 0 Å². The predicted molar refractivity (Wildman–Crippen MR) is 64.5 cm³/mol. The van der Waals surface area contributed by atoms with Gasteiger partial charge in [-0.1, -0.05) is 19.8 Å². The largest absolute Gasteiger partial charge is 0.383 e. The van der Waals surface area contributed by atoms with Crippen LogP contribution in [0.5, 0.6) is 0 Å². The number of nitrogens with one attached hydrogen (secondary N) is 2. The van der Waals surface area contributed by atoms with Crippen LogP contribution in [0.3, 0.4) is 0 Å². The molecule has 0 spiro atoms. The van der Waals surface area contributed by atoms with E-state index in [2.05, 4.69) is 17.6 Å². The van der Waals surface area contributed by atoms with E-state index in [0.717, 1.165) is 19.5 Å². The second kappa shape index (κ2) is 13.7. The second-order valence-corrected chi connectivity index (χ2v) is 3.23. The molecule has 0 rings (SSSR count). The Morgan fingerprint density at radius 1 is 1.27 bits per heavy atom. The molecule has 0 aliphatic carbocycles. The smallest absolute Gasteiger partial charge is 0.233 e. The van der Waals surface area contributed by atoms with Crippen molar-refractivity contribution in [2.45, 2.75) is 26.2 Å². The molecular weight excluding hydrogens is 216 g/mol. The minimum Gasteiger partial charge on any atom is -0.383 e. The zero-order valence-corrected chi connectivity index (χ0v) is 10.5. The number of halogens is 1. The SMILES string of the molecule is CCCCCNC(=O)CNCCOC.Cl. The number of carbonyl (C=O) groups is 1. The molecule has 0 bridgehead atoms. The van der Waals surface area contributed by atoms with E-state index in [4.69, 9.17) is 4.74 Å². The third kappa shape index (κ3) is 13.7. The van der Waals surface area contributed by atoms with Crippen molar-refractivity contribution in [1.82, 2.24) is 10.6 Å². The van der Waals surface area contributed by atoms with Crippen LogP contribution < -0.4 is 10.6 Å². The molecule has 0 fully saturated rings. The summed E-state index contributed by atoms with van der Waals surface area (Å²) in [6.45, 7) is 4.68. The van der Waals surface area contributed by atoms with Crippen molar-refractivity contribution in [3.63, 3.8) is 0 Å². The van der Waals surface area contributed by atoms with E-state index in [-0.39, 0.29) is 18.3 Å². The van der Waals surface area contributed by atoms with E-state index in [1.165, 1.54) is 12.8 Å². The normalized spacial score (nSPS) is 9.47. The Balaban J connectivity index is 0. The van der Waals surface area contributed by atoms with Crippen molar-refractivity contribution in [3.05, 3.63) is 0 Å². The van der Waals surface area contributed by atoms with Gasteiger partial charge in [-0.2, -0.15) is 0 Å². The monoisotopic (exact) mass is 238 g/mol. The van der Waals surface area contributed by atoms with Gasteiger partial charge in [-0.25, -0.2) is 0 Å². The van der Waals surface area contributed by atoms with Gasteiger partial charge in [0.1, 0.15) is 0 Å². The molecule has 2 N–H and O–H groups in total. The number of ether oxygens (including phenoxy) is 1. The molecule has 92 valence electrons. The van der Waals surface area contributed by atoms with Gasteiger partial charge in [-0.05, 0) is 6.42 Å². The molecule has 0 radical (unpaired) electrons. The number of rotatable bonds is 9. The average molecular weight is 239 g/mol. The molecule has 0 aromatic heterocycles. The van der Waals surface area contributed by atoms with Crippen LogP contribution in [0.15, 0.2) is 0 Å². The molecule has 4 nitrogen and oxygen atoms in total. The zero-order valence-electron chi connectivity index (χ0n) is 9.67. The Morgan fingerprint density at radius 2 is 2.00 bits per heavy atom. The Hall–Kier alpha value is -0.320. The maximum absolute atomic E-state index is 11.2. The maximum Gasteiger partial charge on any atom is 0.233 e. The number of methoxy groups -OCH3 is 1. The van der Waals surface area contributed by atoms with E-state index in [0.29, 0.717) is 13.2 Å². The topological polar surface area (TPSA) is 50.4 Å². The molecule has 5 heteroatoms. The first-order valence-electron chi connectivity index (χ1n) is 5.27. The van der Waals surface area contributed by atoms with Gasteiger partial charge in [0.2, 0.25) is 5.91 Å². The zero-order chi connectivity index (χ0) is 10.6. The van der Waals surface area contributed by atoms with Gasteiger partial charge in [0.15, 0.2) is 0 Å². The van der Waals surface area contributed by atoms with Crippen LogP contribution in [0.4, 0.5) is 0 Å². The minimum absolute atomic E-state index is 0. The molecule has 0 aliphatic rings. The van der Waals surface area contributed by atoms with Crippen LogP contribution in [0.2, 0.25) is 0 Å². The molecule has 0 heterocycles. The molecule has 0 saturated carbocycles. The highest BCUT2D eigenvalue weighted by Crippen LogP contribution is 1.90. The first-order chi connectivity index (χ1) is 6.81. The summed E-state index contributed by atoms with van der Waals surface area (Å²) in [6, 6.07) is 0. The van der Waals surface area contributed by atoms with Gasteiger partial charge in [0, 0.05) is 20.2 Å². The Kier molecular flexibility index (Phi) is 15.6. The van der Waals surface area contributed by atoms with Gasteiger partial charge < -0.3 is 15.4 Å². The number of unbranched alkanes of at least 4 members (excludes halogenated alkanes) is 2. The molecule has 0 aliphatic heterocycles. The van der Waals surface area contributed by atoms with Crippen molar-refractivity contribution in [2.24, 2.45) is 0 Å². The quantitative estimate of drug-likeness (QED) is 0.588. The highest BCUT2D eigenvalue weighted by molar-refractivity contribution is 5.85. The molecule has 0 saturated heterocycles. The van der Waals surface area contributed by atoms with Crippen LogP contribution in [-0.4, -0.2) is 39.3 Å². The summed E-state index contributed by atoms with van der Waals surface area (Å²) in [7, 11) is 1.65. The highest BCUT2D eigenvalue weighted by atomic mass is 35.5. The molecule has 0 unspecified atom stereocenters. The number of carbonyl (C=O) groups excluding carboxylic acids is 1. The Morgan fingerprint density at radius 3 is 2.60 bits per heavy atom. The van der Waals surface area contributed by atoms with Crippen molar-refractivity contribution < 1.29 is 9.53 Å². The number of hydrogen-bond donors (Lipinski definition) is 2. The van der Waals surface area contributed by atoms with Crippen LogP contribution in [0.1, 0.15) is 26.2 Å². The van der Waals surface area contributed by atoms with Gasteiger partial charge in [-0.3, -0.25) is 4.79 Å². The summed E-state index contributed by atoms with van der Waals surface area (Å²) in [6.07, 6.45) is 3.43. The van der Waals surface area contributed by atoms with E-state index in [1.807, 2.05) is 0 Å². The standard InChI is InChI=1S/C10H22N2O2.ClH/c1-3-4-5-6-12-10(13)9-11-7-8-14-2;/h11H,3-9H2,1-2H3,(H,12,13);1H. The van der Waals surface area contributed by atoms with Crippen LogP contribution in [-0.2, 0) is 9.53 Å². The van der Waals surface area contributed by atoms with E-state index in [1.54, 1.807) is 7.11 Å². The third-order valence-corrected chi connectivity index (χ3v) is 1.87. The lowest BCUT2D eigenvalue weighted by molar-refractivity contribution is -0.120. The molecule has 0 aromatic carbocycles. The van der Waals surface area contributed by atoms with Crippen LogP contribution in [0.25, 0.3) is 0 Å². The highest BCUT2D eigenvalue weighted by Gasteiger charge is 1.98. The fraction of sp³-hybridized carbons (Fsp3) is 0.900. The maximum atomic E-state index is 11.2. The van der Waals surface area contributed by atoms with Gasteiger partial charge in [-0.15, -0.1) is 12.4 Å². The first-order valence-corrected chi connectivity index (χ1v) is 5.27. The fourth-order valence-corrected chi connectivity index (χ4v) is 1.04. The van der Waals surface area contributed by atoms with Gasteiger partial charge >= 0.3 is 0 Å². The number of hydrogen-bond acceptors (Lipinski definition) is 3. The lowest BCUT2D eigenvalue weighted by Gasteiger charge is -2.05. The van der Waals surface area contributed by atoms with Crippen molar-refractivity contribution in [2.75, 3.05) is 33.4 Å². The minimum atomic E-state index is 0. The first kappa shape index (κ1) is 17.1. The van der Waals surface area contributed by atoms with Gasteiger partial charge in [0.25, 0.3) is 0 Å². The predicted octanol–water partition coefficient (Wildman–Crippen LogP) is 0.951. The molecule has 0 atom stereocenters. The summed E-state index contributed by atoms with van der Waals surface area (Å²) >= 11 is 0. The fourth-order valence-electron chi connectivity index (χ4n) is 1.04. The summed E-state index contributed by atoms with van der Waals surface area (Å²) in [5.74, 6) is 0.0669. The van der Waals surface area contributed by atoms with Crippen molar-refractivity contribution >= 4 is 18.3 Å². The van der Waals surface area contributed by atoms with Crippen molar-refractivity contribution in [1.29, 1.82) is 0 Å². The lowest BCUT2D eigenvalue weighted by Crippen LogP contribution is -2.35. The number of amides is 1. The average Bonchev–Trinajstić information content (AvgIpc) is 2.19. The molecule has 0 aromatic rings. The van der Waals surface area contributed by atoms with Crippen LogP contribution in [0, 0.1) is 0 Å². The Labute approximate surface area is 98.6 Å². The van der Waals surface area contributed by atoms with Gasteiger partial charge in [0.05, 0.1) is 13.2 Å². The third-order valence-electron chi connectivity index (χ3n) is 1.87. The molecule has 15 heavy (non-hydrogen) atoms. The van der Waals surface area contributed by atoms with Crippen LogP contribution >= 0.6 is 12.4 Å². The van der Waals surface area contributed by atoms with E-state index in [9.17, 15) is 4.79 Å². The van der Waals surface area contributed by atoms with Crippen molar-refractivity contribution in [3.8, 4) is 0 Å². The summed E-state index contributed by atoms with van der Waals surface area (Å²) in [4.78, 5) is 11.2. The summed E-state index contributed by atoms with van der Waals surface area (Å²) in [5, 5.41) is 5.84. The lowest BCUT2D eigenvalue weighted by atomic mass is 10.2. The summed E-state index contributed by atoms with van der Waals surface area (Å²) in [5.41, 5.74) is 0. The second-order valence-electron chi connectivity index (χ2n) is 3.23.